The Morgan fingerprint density at radius 2 is 1.92 bits per heavy atom. The van der Waals surface area contributed by atoms with Crippen molar-refractivity contribution >= 4 is 5.97 Å². The minimum atomic E-state index is -0.469. The van der Waals surface area contributed by atoms with Crippen molar-refractivity contribution in [2.24, 2.45) is 7.05 Å². The summed E-state index contributed by atoms with van der Waals surface area (Å²) in [6.45, 7) is 0. The molecule has 4 aromatic rings. The average molecular weight is 347 g/mol. The van der Waals surface area contributed by atoms with Gasteiger partial charge in [-0.05, 0) is 52.9 Å². The summed E-state index contributed by atoms with van der Waals surface area (Å²) in [6.07, 6.45) is 3.08. The molecule has 0 aliphatic heterocycles. The summed E-state index contributed by atoms with van der Waals surface area (Å²) in [7, 11) is 1.80. The zero-order chi connectivity index (χ0) is 17.9. The van der Waals surface area contributed by atoms with E-state index in [-0.39, 0.29) is 0 Å². The minimum absolute atomic E-state index is 0.397. The third kappa shape index (κ3) is 3.18. The van der Waals surface area contributed by atoms with Crippen LogP contribution in [0.4, 0.5) is 0 Å². The van der Waals surface area contributed by atoms with Crippen LogP contribution < -0.4 is 4.74 Å². The van der Waals surface area contributed by atoms with Gasteiger partial charge in [0, 0.05) is 12.6 Å². The van der Waals surface area contributed by atoms with Crippen LogP contribution in [-0.4, -0.2) is 40.9 Å². The first kappa shape index (κ1) is 15.6. The van der Waals surface area contributed by atoms with Crippen LogP contribution in [-0.2, 0) is 7.05 Å². The number of hydrogen-bond donors (Lipinski definition) is 0. The van der Waals surface area contributed by atoms with Gasteiger partial charge in [0.15, 0.2) is 5.82 Å². The van der Waals surface area contributed by atoms with Gasteiger partial charge in [-0.3, -0.25) is 4.68 Å². The molecule has 0 fully saturated rings. The molecule has 0 bridgehead atoms. The van der Waals surface area contributed by atoms with E-state index < -0.39 is 5.97 Å². The van der Waals surface area contributed by atoms with Gasteiger partial charge in [0.05, 0.1) is 11.3 Å². The zero-order valence-corrected chi connectivity index (χ0v) is 13.7. The Hall–Kier alpha value is -3.88. The number of ether oxygens (including phenoxy) is 1. The second kappa shape index (κ2) is 6.55. The van der Waals surface area contributed by atoms with Crippen LogP contribution in [0.25, 0.3) is 17.1 Å². The summed E-state index contributed by atoms with van der Waals surface area (Å²) in [6, 6.07) is 13.9. The van der Waals surface area contributed by atoms with Crippen molar-refractivity contribution in [2.45, 2.75) is 0 Å². The van der Waals surface area contributed by atoms with E-state index in [4.69, 9.17) is 4.74 Å². The van der Waals surface area contributed by atoms with Gasteiger partial charge in [0.1, 0.15) is 18.4 Å². The first-order valence-electron chi connectivity index (χ1n) is 7.71. The topological polar surface area (TPSA) is 101 Å². The van der Waals surface area contributed by atoms with Gasteiger partial charge in [0.25, 0.3) is 0 Å². The molecule has 2 heterocycles. The molecule has 0 atom stereocenters. The van der Waals surface area contributed by atoms with Crippen molar-refractivity contribution in [1.82, 2.24) is 35.0 Å². The molecule has 0 amide bonds. The van der Waals surface area contributed by atoms with Crippen molar-refractivity contribution in [2.75, 3.05) is 0 Å². The average Bonchev–Trinajstić information content (AvgIpc) is 3.34. The molecule has 0 radical (unpaired) electrons. The Labute approximate surface area is 147 Å². The number of aryl methyl sites for hydroxylation is 1. The van der Waals surface area contributed by atoms with E-state index in [0.29, 0.717) is 22.8 Å². The van der Waals surface area contributed by atoms with Gasteiger partial charge < -0.3 is 4.74 Å². The summed E-state index contributed by atoms with van der Waals surface area (Å²) in [5, 5.41) is 15.2. The van der Waals surface area contributed by atoms with Gasteiger partial charge >= 0.3 is 5.97 Å². The smallest absolute Gasteiger partial charge is 0.343 e. The number of benzene rings is 2. The molecule has 0 aliphatic rings. The highest BCUT2D eigenvalue weighted by atomic mass is 16.5. The summed E-state index contributed by atoms with van der Waals surface area (Å²) >= 11 is 0. The van der Waals surface area contributed by atoms with Crippen LogP contribution in [0.3, 0.4) is 0 Å². The normalized spacial score (nSPS) is 10.7. The number of tetrazole rings is 1. The Balaban J connectivity index is 1.50. The predicted molar refractivity (Wildman–Crippen MR) is 90.6 cm³/mol. The lowest BCUT2D eigenvalue weighted by Gasteiger charge is -2.06. The molecule has 0 saturated heterocycles. The third-order valence-electron chi connectivity index (χ3n) is 3.62. The second-order valence-corrected chi connectivity index (χ2v) is 5.46. The predicted octanol–water partition coefficient (Wildman–Crippen LogP) is 1.68. The first-order chi connectivity index (χ1) is 12.7. The summed E-state index contributed by atoms with van der Waals surface area (Å²) in [5.74, 6) is 0.575. The molecule has 9 heteroatoms. The number of esters is 1. The van der Waals surface area contributed by atoms with E-state index >= 15 is 0 Å². The van der Waals surface area contributed by atoms with Crippen molar-refractivity contribution in [3.8, 4) is 22.8 Å². The van der Waals surface area contributed by atoms with Crippen molar-refractivity contribution in [1.29, 1.82) is 0 Å². The van der Waals surface area contributed by atoms with E-state index in [2.05, 4.69) is 25.6 Å². The second-order valence-electron chi connectivity index (χ2n) is 5.46. The quantitative estimate of drug-likeness (QED) is 0.409. The Kier molecular flexibility index (Phi) is 3.94. The molecule has 2 aromatic heterocycles. The highest BCUT2D eigenvalue weighted by molar-refractivity contribution is 5.91. The molecular formula is C17H13N7O2. The highest BCUT2D eigenvalue weighted by Crippen LogP contribution is 2.20. The lowest BCUT2D eigenvalue weighted by atomic mass is 10.2. The number of aromatic nitrogens is 7. The van der Waals surface area contributed by atoms with Gasteiger partial charge in [0.2, 0.25) is 0 Å². The fourth-order valence-corrected chi connectivity index (χ4v) is 2.36. The lowest BCUT2D eigenvalue weighted by Crippen LogP contribution is -2.09. The first-order valence-corrected chi connectivity index (χ1v) is 7.71. The maximum atomic E-state index is 12.4. The summed E-state index contributed by atoms with van der Waals surface area (Å²) < 4.78 is 8.51. The molecule has 0 N–H and O–H groups in total. The van der Waals surface area contributed by atoms with Crippen LogP contribution in [0.2, 0.25) is 0 Å². The molecule has 0 unspecified atom stereocenters. The molecule has 0 spiro atoms. The molecule has 2 aromatic carbocycles. The summed E-state index contributed by atoms with van der Waals surface area (Å²) in [5.41, 5.74) is 1.90. The van der Waals surface area contributed by atoms with Crippen molar-refractivity contribution in [3.63, 3.8) is 0 Å². The fraction of sp³-hybridized carbons (Fsp3) is 0.0588. The molecule has 26 heavy (non-hydrogen) atoms. The van der Waals surface area contributed by atoms with Crippen LogP contribution in [0.5, 0.6) is 5.75 Å². The molecule has 9 nitrogen and oxygen atoms in total. The minimum Gasteiger partial charge on any atom is -0.423 e. The highest BCUT2D eigenvalue weighted by Gasteiger charge is 2.11. The van der Waals surface area contributed by atoms with Crippen LogP contribution in [0.15, 0.2) is 61.2 Å². The molecular weight excluding hydrogens is 334 g/mol. The number of hydrogen-bond acceptors (Lipinski definition) is 7. The number of nitrogens with zero attached hydrogens (tertiary/aromatic N) is 7. The number of carbonyl (C=O) groups excluding carboxylic acids is 1. The van der Waals surface area contributed by atoms with Crippen molar-refractivity contribution < 1.29 is 9.53 Å². The molecule has 0 saturated carbocycles. The van der Waals surface area contributed by atoms with Crippen molar-refractivity contribution in [3.05, 3.63) is 66.7 Å². The molecule has 128 valence electrons. The molecule has 4 rings (SSSR count). The largest absolute Gasteiger partial charge is 0.423 e. The SMILES string of the molecule is Cn1cnc(-c2ccc(OC(=O)c3cccc(-n4cnnn4)c3)cc2)n1. The summed E-state index contributed by atoms with van der Waals surface area (Å²) in [4.78, 5) is 16.6. The van der Waals surface area contributed by atoms with Gasteiger partial charge in [-0.2, -0.15) is 5.10 Å². The molecule has 0 aliphatic carbocycles. The van der Waals surface area contributed by atoms with E-state index in [1.54, 1.807) is 66.6 Å². The van der Waals surface area contributed by atoms with Crippen LogP contribution >= 0.6 is 0 Å². The Morgan fingerprint density at radius 3 is 2.62 bits per heavy atom. The van der Waals surface area contributed by atoms with Gasteiger partial charge in [-0.1, -0.05) is 6.07 Å². The standard InChI is InChI=1S/C17H13N7O2/c1-23-10-18-16(20-23)12-5-7-15(8-6-12)26-17(25)13-3-2-4-14(9-13)24-11-19-21-22-24/h2-11H,1H3. The Morgan fingerprint density at radius 1 is 1.08 bits per heavy atom. The Bertz CT molecular complexity index is 1040. The van der Waals surface area contributed by atoms with Crippen LogP contribution in [0, 0.1) is 0 Å². The number of rotatable bonds is 4. The number of carbonyl (C=O) groups is 1. The van der Waals surface area contributed by atoms with E-state index in [0.717, 1.165) is 5.56 Å². The zero-order valence-electron chi connectivity index (χ0n) is 13.7. The van der Waals surface area contributed by atoms with E-state index in [1.165, 1.54) is 11.0 Å². The third-order valence-corrected chi connectivity index (χ3v) is 3.62. The maximum Gasteiger partial charge on any atom is 0.343 e. The van der Waals surface area contributed by atoms with Crippen LogP contribution in [0.1, 0.15) is 10.4 Å². The van der Waals surface area contributed by atoms with Gasteiger partial charge in [-0.15, -0.1) is 5.10 Å². The van der Waals surface area contributed by atoms with Gasteiger partial charge in [-0.25, -0.2) is 14.5 Å². The fourth-order valence-electron chi connectivity index (χ4n) is 2.36. The monoisotopic (exact) mass is 347 g/mol. The van der Waals surface area contributed by atoms with E-state index in [1.807, 2.05) is 0 Å². The van der Waals surface area contributed by atoms with E-state index in [9.17, 15) is 4.79 Å². The maximum absolute atomic E-state index is 12.4. The lowest BCUT2D eigenvalue weighted by molar-refractivity contribution is 0.0734.